The van der Waals surface area contributed by atoms with Crippen LogP contribution >= 0.6 is 0 Å². The van der Waals surface area contributed by atoms with E-state index >= 15 is 0 Å². The second-order valence-electron chi connectivity index (χ2n) is 17.8. The summed E-state index contributed by atoms with van der Waals surface area (Å²) in [5, 5.41) is 2.21. The van der Waals surface area contributed by atoms with Crippen molar-refractivity contribution in [3.8, 4) is 22.3 Å². The van der Waals surface area contributed by atoms with E-state index in [1.807, 2.05) is 0 Å². The number of benzene rings is 9. The number of allylic oxidation sites excluding steroid dienone is 4. The van der Waals surface area contributed by atoms with Crippen LogP contribution in [0, 0.1) is 5.92 Å². The van der Waals surface area contributed by atoms with Crippen LogP contribution in [0.25, 0.3) is 44.2 Å². The second-order valence-corrected chi connectivity index (χ2v) is 17.8. The number of anilines is 3. The van der Waals surface area contributed by atoms with Gasteiger partial charge in [-0.1, -0.05) is 194 Å². The molecule has 10 aromatic rings. The van der Waals surface area contributed by atoms with Gasteiger partial charge in [0, 0.05) is 28.6 Å². The van der Waals surface area contributed by atoms with E-state index in [1.165, 1.54) is 66.8 Å². The summed E-state index contributed by atoms with van der Waals surface area (Å²) in [5.41, 5.74) is 20.0. The molecule has 2 nitrogen and oxygen atoms in total. The molecule has 3 atom stereocenters. The summed E-state index contributed by atoms with van der Waals surface area (Å²) in [5.74, 6) is 0.528. The smallest absolute Gasteiger partial charge is 0.137 e. The van der Waals surface area contributed by atoms with Gasteiger partial charge in [-0.05, 0) is 109 Å². The summed E-state index contributed by atoms with van der Waals surface area (Å²) < 4.78 is 6.61. The number of para-hydroxylation sites is 1. The average Bonchev–Trinajstić information content (AvgIpc) is 4.08. The lowest BCUT2D eigenvalue weighted by Crippen LogP contribution is -2.33. The van der Waals surface area contributed by atoms with E-state index in [9.17, 15) is 0 Å². The number of rotatable bonds is 5. The van der Waals surface area contributed by atoms with E-state index in [0.717, 1.165) is 39.0 Å². The van der Waals surface area contributed by atoms with Crippen LogP contribution in [-0.4, -0.2) is 0 Å². The Morgan fingerprint density at radius 1 is 0.406 bits per heavy atom. The van der Waals surface area contributed by atoms with Crippen LogP contribution in [0.15, 0.2) is 241 Å². The predicted octanol–water partition coefficient (Wildman–Crippen LogP) is 15.6. The Morgan fingerprint density at radius 2 is 1.00 bits per heavy atom. The van der Waals surface area contributed by atoms with Crippen LogP contribution in [0.4, 0.5) is 17.1 Å². The fourth-order valence-electron chi connectivity index (χ4n) is 12.7. The van der Waals surface area contributed by atoms with Crippen molar-refractivity contribution >= 4 is 39.0 Å². The quantitative estimate of drug-likeness (QED) is 0.172. The zero-order valence-electron chi connectivity index (χ0n) is 35.0. The van der Waals surface area contributed by atoms with Crippen LogP contribution in [0.1, 0.15) is 50.4 Å². The Hall–Kier alpha value is -7.94. The van der Waals surface area contributed by atoms with Gasteiger partial charge >= 0.3 is 0 Å². The molecule has 1 aromatic heterocycles. The molecule has 4 aliphatic rings. The SMILES string of the molecule is C1=CC2c3ccccc3C3(c4ccccc4-c4ccc(N(c5ccc6c(c5)-c5ccccc5C6(c5ccccc5)c5ccccc5)c5cccc6oc7ccccc7c56)cc43)C2C=C1. The molecule has 3 unspecified atom stereocenters. The normalized spacial score (nSPS) is 19.0. The summed E-state index contributed by atoms with van der Waals surface area (Å²) in [6.07, 6.45) is 9.41. The van der Waals surface area contributed by atoms with E-state index in [4.69, 9.17) is 4.42 Å². The highest BCUT2D eigenvalue weighted by Crippen LogP contribution is 2.66. The number of furan rings is 1. The van der Waals surface area contributed by atoms with E-state index in [-0.39, 0.29) is 17.3 Å². The Bertz CT molecular complexity index is 3550. The molecule has 0 saturated carbocycles. The molecule has 0 aliphatic heterocycles. The van der Waals surface area contributed by atoms with Gasteiger partial charge in [0.2, 0.25) is 0 Å². The molecule has 0 radical (unpaired) electrons. The molecule has 0 bridgehead atoms. The minimum atomic E-state index is -0.487. The maximum Gasteiger partial charge on any atom is 0.137 e. The van der Waals surface area contributed by atoms with Crippen LogP contribution < -0.4 is 4.90 Å². The second kappa shape index (κ2) is 13.3. The van der Waals surface area contributed by atoms with Gasteiger partial charge < -0.3 is 9.32 Å². The van der Waals surface area contributed by atoms with Gasteiger partial charge in [0.1, 0.15) is 11.2 Å². The van der Waals surface area contributed by atoms with Crippen LogP contribution in [-0.2, 0) is 10.8 Å². The van der Waals surface area contributed by atoms with Gasteiger partial charge in [-0.15, -0.1) is 0 Å². The molecule has 0 saturated heterocycles. The third kappa shape index (κ3) is 4.54. The average molecular weight is 816 g/mol. The highest BCUT2D eigenvalue weighted by molar-refractivity contribution is 6.13. The minimum absolute atomic E-state index is 0.239. The van der Waals surface area contributed by atoms with Gasteiger partial charge in [0.25, 0.3) is 0 Å². The molecule has 64 heavy (non-hydrogen) atoms. The maximum atomic E-state index is 6.61. The topological polar surface area (TPSA) is 16.4 Å². The van der Waals surface area contributed by atoms with E-state index in [0.29, 0.717) is 0 Å². The van der Waals surface area contributed by atoms with Gasteiger partial charge in [-0.3, -0.25) is 0 Å². The van der Waals surface area contributed by atoms with Crippen molar-refractivity contribution in [2.45, 2.75) is 16.7 Å². The fraction of sp³-hybridized carbons (Fsp3) is 0.0645. The lowest BCUT2D eigenvalue weighted by Gasteiger charge is -2.37. The Balaban J connectivity index is 1.06. The van der Waals surface area contributed by atoms with Crippen molar-refractivity contribution in [1.29, 1.82) is 0 Å². The maximum absolute atomic E-state index is 6.61. The lowest BCUT2D eigenvalue weighted by molar-refractivity contribution is 0.465. The van der Waals surface area contributed by atoms with Crippen molar-refractivity contribution in [2.24, 2.45) is 5.92 Å². The van der Waals surface area contributed by atoms with Crippen molar-refractivity contribution in [1.82, 2.24) is 0 Å². The monoisotopic (exact) mass is 815 g/mol. The third-order valence-electron chi connectivity index (χ3n) is 15.0. The fourth-order valence-corrected chi connectivity index (χ4v) is 12.7. The molecule has 14 rings (SSSR count). The molecule has 2 heteroatoms. The molecule has 4 aliphatic carbocycles. The molecule has 0 N–H and O–H groups in total. The molecule has 300 valence electrons. The largest absolute Gasteiger partial charge is 0.456 e. The van der Waals surface area contributed by atoms with Crippen molar-refractivity contribution < 1.29 is 4.42 Å². The molecule has 9 aromatic carbocycles. The first-order valence-electron chi connectivity index (χ1n) is 22.5. The van der Waals surface area contributed by atoms with E-state index < -0.39 is 5.41 Å². The van der Waals surface area contributed by atoms with Crippen LogP contribution in [0.3, 0.4) is 0 Å². The Labute approximate surface area is 372 Å². The van der Waals surface area contributed by atoms with Crippen molar-refractivity contribution in [3.63, 3.8) is 0 Å². The molecule has 0 amide bonds. The highest BCUT2D eigenvalue weighted by atomic mass is 16.3. The zero-order valence-corrected chi connectivity index (χ0v) is 35.0. The van der Waals surface area contributed by atoms with E-state index in [1.54, 1.807) is 0 Å². The first kappa shape index (κ1) is 35.6. The Morgan fingerprint density at radius 3 is 1.81 bits per heavy atom. The molecule has 1 spiro atoms. The van der Waals surface area contributed by atoms with Gasteiger partial charge in [0.15, 0.2) is 0 Å². The van der Waals surface area contributed by atoms with Crippen molar-refractivity contribution in [2.75, 3.05) is 4.90 Å². The number of fused-ring (bicyclic) bond motifs is 16. The zero-order chi connectivity index (χ0) is 42.0. The standard InChI is InChI=1S/C62H41NO/c1-3-18-40(19-4-1)61(41-20-5-2-6-21-41)51-27-12-10-25-47(51)50-38-42(35-37-55(50)61)63(57-31-17-33-59-60(57)49-26-11-16-32-58(49)64-59)43-34-36-48-46-24-9-15-30-54(46)62(56(48)39-43)52-28-13-7-22-44(52)45-23-8-14-29-53(45)62/h1-39,44,52H. The highest BCUT2D eigenvalue weighted by Gasteiger charge is 2.57. The van der Waals surface area contributed by atoms with Gasteiger partial charge in [-0.25, -0.2) is 0 Å². The van der Waals surface area contributed by atoms with E-state index in [2.05, 4.69) is 242 Å². The summed E-state index contributed by atoms with van der Waals surface area (Å²) in [4.78, 5) is 2.50. The number of hydrogen-bond acceptors (Lipinski definition) is 2. The molecular weight excluding hydrogens is 775 g/mol. The minimum Gasteiger partial charge on any atom is -0.456 e. The van der Waals surface area contributed by atoms with Crippen molar-refractivity contribution in [3.05, 3.63) is 281 Å². The van der Waals surface area contributed by atoms with Gasteiger partial charge in [0.05, 0.1) is 21.9 Å². The summed E-state index contributed by atoms with van der Waals surface area (Å²) in [6, 6.07) is 79.0. The lowest BCUT2D eigenvalue weighted by atomic mass is 9.65. The number of nitrogens with zero attached hydrogens (tertiary/aromatic N) is 1. The first-order valence-corrected chi connectivity index (χ1v) is 22.5. The molecule has 1 heterocycles. The van der Waals surface area contributed by atoms with Crippen LogP contribution in [0.5, 0.6) is 0 Å². The molecule has 0 fully saturated rings. The first-order chi connectivity index (χ1) is 31.8. The predicted molar refractivity (Wildman–Crippen MR) is 262 cm³/mol. The summed E-state index contributed by atoms with van der Waals surface area (Å²) in [7, 11) is 0. The number of hydrogen-bond donors (Lipinski definition) is 0. The Kier molecular flexibility index (Phi) is 7.40. The molecular formula is C62H41NO. The van der Waals surface area contributed by atoms with Gasteiger partial charge in [-0.2, -0.15) is 0 Å². The summed E-state index contributed by atoms with van der Waals surface area (Å²) >= 11 is 0. The third-order valence-corrected chi connectivity index (χ3v) is 15.0. The summed E-state index contributed by atoms with van der Waals surface area (Å²) in [6.45, 7) is 0. The van der Waals surface area contributed by atoms with Crippen LogP contribution in [0.2, 0.25) is 0 Å².